The van der Waals surface area contributed by atoms with Crippen molar-refractivity contribution in [3.63, 3.8) is 0 Å². The van der Waals surface area contributed by atoms with Crippen LogP contribution in [0, 0.1) is 17.2 Å². The van der Waals surface area contributed by atoms with Crippen molar-refractivity contribution in [3.8, 4) is 6.07 Å². The highest BCUT2D eigenvalue weighted by Crippen LogP contribution is 2.24. The molecule has 1 amide bonds. The first-order chi connectivity index (χ1) is 8.79. The minimum Gasteiger partial charge on any atom is -0.376 e. The van der Waals surface area contributed by atoms with E-state index in [4.69, 9.17) is 5.26 Å². The van der Waals surface area contributed by atoms with Crippen molar-refractivity contribution in [2.45, 2.75) is 25.3 Å². The van der Waals surface area contributed by atoms with Crippen LogP contribution in [0.4, 0.5) is 5.69 Å². The first-order valence-corrected chi connectivity index (χ1v) is 6.27. The molecule has 2 unspecified atom stereocenters. The minimum absolute atomic E-state index is 0.0225. The monoisotopic (exact) mass is 243 g/mol. The van der Waals surface area contributed by atoms with Crippen LogP contribution in [0.2, 0.25) is 0 Å². The number of hydrogen-bond donors (Lipinski definition) is 2. The standard InChI is InChI=1S/C14H17N3O/c15-9-11-5-4-8-13(11)17-14(18)10-16-12-6-2-1-3-7-12/h1-3,6-7,11,13,16H,4-5,8,10H2,(H,17,18). The number of amides is 1. The van der Waals surface area contributed by atoms with E-state index in [1.54, 1.807) is 0 Å². The fraction of sp³-hybridized carbons (Fsp3) is 0.429. The molecule has 1 aromatic rings. The zero-order chi connectivity index (χ0) is 12.8. The van der Waals surface area contributed by atoms with Crippen molar-refractivity contribution in [1.82, 2.24) is 5.32 Å². The SMILES string of the molecule is N#CC1CCCC1NC(=O)CNc1ccccc1. The molecule has 0 bridgehead atoms. The second-order valence-electron chi connectivity index (χ2n) is 4.56. The van der Waals surface area contributed by atoms with Crippen molar-refractivity contribution in [1.29, 1.82) is 5.26 Å². The summed E-state index contributed by atoms with van der Waals surface area (Å²) in [6, 6.07) is 11.9. The quantitative estimate of drug-likeness (QED) is 0.849. The Morgan fingerprint density at radius 3 is 2.83 bits per heavy atom. The van der Waals surface area contributed by atoms with Gasteiger partial charge in [-0.3, -0.25) is 4.79 Å². The summed E-state index contributed by atoms with van der Waals surface area (Å²) in [7, 11) is 0. The Labute approximate surface area is 107 Å². The van der Waals surface area contributed by atoms with Crippen LogP contribution in [0.15, 0.2) is 30.3 Å². The van der Waals surface area contributed by atoms with Crippen LogP contribution < -0.4 is 10.6 Å². The van der Waals surface area contributed by atoms with Gasteiger partial charge in [-0.15, -0.1) is 0 Å². The first kappa shape index (κ1) is 12.4. The van der Waals surface area contributed by atoms with Gasteiger partial charge in [0, 0.05) is 11.7 Å². The Kier molecular flexibility index (Phi) is 4.19. The summed E-state index contributed by atoms with van der Waals surface area (Å²) in [4.78, 5) is 11.8. The largest absolute Gasteiger partial charge is 0.376 e. The Morgan fingerprint density at radius 1 is 1.33 bits per heavy atom. The van der Waals surface area contributed by atoms with Gasteiger partial charge in [-0.05, 0) is 31.4 Å². The summed E-state index contributed by atoms with van der Waals surface area (Å²) in [5.41, 5.74) is 0.927. The van der Waals surface area contributed by atoms with Crippen LogP contribution in [0.25, 0.3) is 0 Å². The van der Waals surface area contributed by atoms with Gasteiger partial charge in [0.2, 0.25) is 5.91 Å². The molecule has 0 heterocycles. The molecule has 1 saturated carbocycles. The van der Waals surface area contributed by atoms with Crippen molar-refractivity contribution in [2.75, 3.05) is 11.9 Å². The van der Waals surface area contributed by atoms with E-state index >= 15 is 0 Å². The van der Waals surface area contributed by atoms with Crippen LogP contribution in [0.5, 0.6) is 0 Å². The minimum atomic E-state index is -0.0500. The van der Waals surface area contributed by atoms with E-state index in [9.17, 15) is 4.79 Å². The van der Waals surface area contributed by atoms with Crippen LogP contribution in [-0.4, -0.2) is 18.5 Å². The van der Waals surface area contributed by atoms with Gasteiger partial charge in [-0.2, -0.15) is 5.26 Å². The van der Waals surface area contributed by atoms with Crippen molar-refractivity contribution in [3.05, 3.63) is 30.3 Å². The van der Waals surface area contributed by atoms with Gasteiger partial charge in [0.25, 0.3) is 0 Å². The van der Waals surface area contributed by atoms with Crippen molar-refractivity contribution < 1.29 is 4.79 Å². The third-order valence-corrected chi connectivity index (χ3v) is 3.26. The van der Waals surface area contributed by atoms with E-state index < -0.39 is 0 Å². The third kappa shape index (κ3) is 3.24. The number of anilines is 1. The lowest BCUT2D eigenvalue weighted by Crippen LogP contribution is -2.40. The van der Waals surface area contributed by atoms with Crippen LogP contribution in [-0.2, 0) is 4.79 Å². The molecule has 18 heavy (non-hydrogen) atoms. The Balaban J connectivity index is 1.77. The normalized spacial score (nSPS) is 22.2. The molecule has 4 heteroatoms. The molecule has 1 aliphatic carbocycles. The van der Waals surface area contributed by atoms with Gasteiger partial charge in [-0.25, -0.2) is 0 Å². The Bertz CT molecular complexity index is 438. The smallest absolute Gasteiger partial charge is 0.239 e. The number of carbonyl (C=O) groups excluding carboxylic acids is 1. The van der Waals surface area contributed by atoms with Crippen LogP contribution >= 0.6 is 0 Å². The number of nitrogens with one attached hydrogen (secondary N) is 2. The Morgan fingerprint density at radius 2 is 2.11 bits per heavy atom. The van der Waals surface area contributed by atoms with Gasteiger partial charge < -0.3 is 10.6 Å². The Hall–Kier alpha value is -2.02. The lowest BCUT2D eigenvalue weighted by atomic mass is 10.1. The fourth-order valence-corrected chi connectivity index (χ4v) is 2.28. The molecule has 0 spiro atoms. The van der Waals surface area contributed by atoms with E-state index in [0.717, 1.165) is 24.9 Å². The fourth-order valence-electron chi connectivity index (χ4n) is 2.28. The molecule has 4 nitrogen and oxygen atoms in total. The van der Waals surface area contributed by atoms with E-state index in [0.29, 0.717) is 0 Å². The zero-order valence-corrected chi connectivity index (χ0v) is 10.2. The average Bonchev–Trinajstić information content (AvgIpc) is 2.85. The molecule has 2 N–H and O–H groups in total. The molecule has 2 rings (SSSR count). The van der Waals surface area contributed by atoms with E-state index in [1.165, 1.54) is 0 Å². The molecular weight excluding hydrogens is 226 g/mol. The second kappa shape index (κ2) is 6.06. The van der Waals surface area contributed by atoms with Gasteiger partial charge >= 0.3 is 0 Å². The number of rotatable bonds is 4. The molecule has 0 radical (unpaired) electrons. The van der Waals surface area contributed by atoms with Gasteiger partial charge in [-0.1, -0.05) is 18.2 Å². The molecule has 0 aliphatic heterocycles. The topological polar surface area (TPSA) is 64.9 Å². The molecule has 2 atom stereocenters. The summed E-state index contributed by atoms with van der Waals surface area (Å²) >= 11 is 0. The lowest BCUT2D eigenvalue weighted by molar-refractivity contribution is -0.120. The van der Waals surface area contributed by atoms with Crippen LogP contribution in [0.1, 0.15) is 19.3 Å². The van der Waals surface area contributed by atoms with E-state index in [2.05, 4.69) is 16.7 Å². The molecule has 94 valence electrons. The van der Waals surface area contributed by atoms with Crippen molar-refractivity contribution >= 4 is 11.6 Å². The van der Waals surface area contributed by atoms with Crippen LogP contribution in [0.3, 0.4) is 0 Å². The maximum Gasteiger partial charge on any atom is 0.239 e. The third-order valence-electron chi connectivity index (χ3n) is 3.26. The maximum atomic E-state index is 11.8. The number of benzene rings is 1. The molecule has 0 saturated heterocycles. The highest BCUT2D eigenvalue weighted by atomic mass is 16.2. The highest BCUT2D eigenvalue weighted by Gasteiger charge is 2.28. The number of nitriles is 1. The predicted octanol–water partition coefficient (Wildman–Crippen LogP) is 1.91. The van der Waals surface area contributed by atoms with Gasteiger partial charge in [0.05, 0.1) is 18.5 Å². The summed E-state index contributed by atoms with van der Waals surface area (Å²) in [5.74, 6) is -0.0725. The molecular formula is C14H17N3O. The zero-order valence-electron chi connectivity index (χ0n) is 10.2. The summed E-state index contributed by atoms with van der Waals surface area (Å²) in [6.45, 7) is 0.249. The number of carbonyl (C=O) groups is 1. The first-order valence-electron chi connectivity index (χ1n) is 6.27. The van der Waals surface area contributed by atoms with E-state index in [1.807, 2.05) is 30.3 Å². The maximum absolute atomic E-state index is 11.8. The predicted molar refractivity (Wildman–Crippen MR) is 69.8 cm³/mol. The average molecular weight is 243 g/mol. The summed E-state index contributed by atoms with van der Waals surface area (Å²) in [5, 5.41) is 14.9. The summed E-state index contributed by atoms with van der Waals surface area (Å²) < 4.78 is 0. The number of para-hydroxylation sites is 1. The number of hydrogen-bond acceptors (Lipinski definition) is 3. The highest BCUT2D eigenvalue weighted by molar-refractivity contribution is 5.81. The number of nitrogens with zero attached hydrogens (tertiary/aromatic N) is 1. The lowest BCUT2D eigenvalue weighted by Gasteiger charge is -2.16. The molecule has 1 fully saturated rings. The van der Waals surface area contributed by atoms with Gasteiger partial charge in [0.15, 0.2) is 0 Å². The summed E-state index contributed by atoms with van der Waals surface area (Å²) in [6.07, 6.45) is 2.83. The van der Waals surface area contributed by atoms with Crippen molar-refractivity contribution in [2.24, 2.45) is 5.92 Å². The van der Waals surface area contributed by atoms with Gasteiger partial charge in [0.1, 0.15) is 0 Å². The second-order valence-corrected chi connectivity index (χ2v) is 4.56. The molecule has 0 aromatic heterocycles. The van der Waals surface area contributed by atoms with E-state index in [-0.39, 0.29) is 24.4 Å². The molecule has 1 aliphatic rings. The molecule has 1 aromatic carbocycles.